The van der Waals surface area contributed by atoms with Crippen molar-refractivity contribution in [2.75, 3.05) is 25.0 Å². The summed E-state index contributed by atoms with van der Waals surface area (Å²) in [6.45, 7) is 3.33. The number of urea groups is 1. The Morgan fingerprint density at radius 1 is 1.28 bits per heavy atom. The minimum atomic E-state index is -0.257. The van der Waals surface area contributed by atoms with E-state index in [9.17, 15) is 9.59 Å². The molecule has 1 aliphatic heterocycles. The number of amides is 2. The van der Waals surface area contributed by atoms with Gasteiger partial charge in [-0.3, -0.25) is 4.79 Å². The van der Waals surface area contributed by atoms with Crippen LogP contribution in [0.3, 0.4) is 0 Å². The van der Waals surface area contributed by atoms with Crippen LogP contribution in [0.5, 0.6) is 0 Å². The molecule has 0 radical (unpaired) electrons. The zero-order chi connectivity index (χ0) is 17.8. The van der Waals surface area contributed by atoms with Gasteiger partial charge in [-0.25, -0.2) is 4.79 Å². The third-order valence-electron chi connectivity index (χ3n) is 4.44. The molecule has 132 valence electrons. The number of benzene rings is 1. The molecule has 1 atom stereocenters. The highest BCUT2D eigenvalue weighted by Gasteiger charge is 2.25. The summed E-state index contributed by atoms with van der Waals surface area (Å²) in [7, 11) is 1.67. The van der Waals surface area contributed by atoms with Gasteiger partial charge in [-0.15, -0.1) is 0 Å². The first-order valence-corrected chi connectivity index (χ1v) is 8.42. The fraction of sp³-hybridized carbons (Fsp3) is 0.368. The van der Waals surface area contributed by atoms with Crippen molar-refractivity contribution in [2.45, 2.75) is 19.4 Å². The number of nitrogens with one attached hydrogen (secondary N) is 1. The molecular formula is C19H23N3O3. The third kappa shape index (κ3) is 4.09. The van der Waals surface area contributed by atoms with E-state index < -0.39 is 0 Å². The smallest absolute Gasteiger partial charge is 0.322 e. The number of pyridine rings is 1. The van der Waals surface area contributed by atoms with E-state index in [1.54, 1.807) is 18.1 Å². The van der Waals surface area contributed by atoms with E-state index in [0.29, 0.717) is 25.4 Å². The van der Waals surface area contributed by atoms with Crippen LogP contribution in [-0.4, -0.2) is 41.3 Å². The second-order valence-corrected chi connectivity index (χ2v) is 6.35. The Bertz CT molecular complexity index is 801. The maximum absolute atomic E-state index is 12.6. The predicted molar refractivity (Wildman–Crippen MR) is 96.9 cm³/mol. The van der Waals surface area contributed by atoms with Gasteiger partial charge in [0.1, 0.15) is 5.69 Å². The van der Waals surface area contributed by atoms with Crippen molar-refractivity contribution in [1.82, 2.24) is 9.47 Å². The van der Waals surface area contributed by atoms with Crippen molar-refractivity contribution in [1.29, 1.82) is 0 Å². The van der Waals surface area contributed by atoms with Gasteiger partial charge < -0.3 is 19.5 Å². The first kappa shape index (κ1) is 17.2. The first-order chi connectivity index (χ1) is 12.0. The second-order valence-electron chi connectivity index (χ2n) is 6.35. The standard InChI is InChI=1S/C19H23N3O3/c1-14-8-9-21(2)18(23)17(14)20-19(24)22-10-11-25-16(13-22)12-15-6-4-3-5-7-15/h3-9,16H,10-13H2,1-2H3,(H,20,24)/t16-/m0/s1. The summed E-state index contributed by atoms with van der Waals surface area (Å²) in [5.74, 6) is 0. The van der Waals surface area contributed by atoms with Gasteiger partial charge in [0.2, 0.25) is 0 Å². The Kier molecular flexibility index (Phi) is 5.19. The van der Waals surface area contributed by atoms with Crippen molar-refractivity contribution in [3.8, 4) is 0 Å². The minimum Gasteiger partial charge on any atom is -0.374 e. The number of anilines is 1. The molecule has 25 heavy (non-hydrogen) atoms. The van der Waals surface area contributed by atoms with Crippen molar-refractivity contribution >= 4 is 11.7 Å². The Labute approximate surface area is 147 Å². The van der Waals surface area contributed by atoms with Crippen LogP contribution >= 0.6 is 0 Å². The number of ether oxygens (including phenoxy) is 1. The van der Waals surface area contributed by atoms with Crippen LogP contribution in [0.1, 0.15) is 11.1 Å². The fourth-order valence-electron chi connectivity index (χ4n) is 2.96. The highest BCUT2D eigenvalue weighted by Crippen LogP contribution is 2.14. The number of rotatable bonds is 3. The summed E-state index contributed by atoms with van der Waals surface area (Å²) >= 11 is 0. The molecule has 0 bridgehead atoms. The molecule has 1 aliphatic rings. The molecule has 0 unspecified atom stereocenters. The summed E-state index contributed by atoms with van der Waals surface area (Å²) < 4.78 is 7.25. The molecule has 1 N–H and O–H groups in total. The summed E-state index contributed by atoms with van der Waals surface area (Å²) in [5, 5.41) is 2.77. The number of aromatic nitrogens is 1. The quantitative estimate of drug-likeness (QED) is 0.931. The molecule has 3 rings (SSSR count). The number of morpholine rings is 1. The van der Waals surface area contributed by atoms with Gasteiger partial charge in [-0.1, -0.05) is 30.3 Å². The van der Waals surface area contributed by atoms with Crippen molar-refractivity contribution in [3.05, 3.63) is 64.1 Å². The van der Waals surface area contributed by atoms with Gasteiger partial charge in [0.25, 0.3) is 5.56 Å². The van der Waals surface area contributed by atoms with Gasteiger partial charge in [0.15, 0.2) is 0 Å². The molecule has 1 fully saturated rings. The van der Waals surface area contributed by atoms with Gasteiger partial charge in [-0.2, -0.15) is 0 Å². The lowest BCUT2D eigenvalue weighted by molar-refractivity contribution is -0.0113. The number of nitrogens with zero attached hydrogens (tertiary/aromatic N) is 2. The summed E-state index contributed by atoms with van der Waals surface area (Å²) in [4.78, 5) is 26.5. The third-order valence-corrected chi connectivity index (χ3v) is 4.44. The molecule has 1 aromatic heterocycles. The molecule has 0 spiro atoms. The van der Waals surface area contributed by atoms with Crippen LogP contribution in [0, 0.1) is 6.92 Å². The summed E-state index contributed by atoms with van der Waals surface area (Å²) in [6, 6.07) is 11.6. The van der Waals surface area contributed by atoms with Gasteiger partial charge in [0.05, 0.1) is 12.7 Å². The average Bonchev–Trinajstić information content (AvgIpc) is 2.63. The van der Waals surface area contributed by atoms with Crippen LogP contribution in [0.2, 0.25) is 0 Å². The zero-order valence-corrected chi connectivity index (χ0v) is 14.6. The Morgan fingerprint density at radius 3 is 2.80 bits per heavy atom. The minimum absolute atomic E-state index is 0.0402. The van der Waals surface area contributed by atoms with Crippen molar-refractivity contribution < 1.29 is 9.53 Å². The maximum atomic E-state index is 12.6. The molecule has 2 amide bonds. The second kappa shape index (κ2) is 7.53. The number of carbonyl (C=O) groups excluding carboxylic acids is 1. The molecule has 2 heterocycles. The Hall–Kier alpha value is -2.60. The van der Waals surface area contributed by atoms with Crippen LogP contribution in [0.25, 0.3) is 0 Å². The van der Waals surface area contributed by atoms with Crippen molar-refractivity contribution in [2.24, 2.45) is 7.05 Å². The highest BCUT2D eigenvalue weighted by molar-refractivity contribution is 5.90. The van der Waals surface area contributed by atoms with Gasteiger partial charge in [0, 0.05) is 32.8 Å². The van der Waals surface area contributed by atoms with Crippen LogP contribution in [0.4, 0.5) is 10.5 Å². The number of hydrogen-bond donors (Lipinski definition) is 1. The van der Waals surface area contributed by atoms with Gasteiger partial charge in [-0.05, 0) is 24.1 Å². The lowest BCUT2D eigenvalue weighted by atomic mass is 10.1. The topological polar surface area (TPSA) is 63.6 Å². The SMILES string of the molecule is Cc1ccn(C)c(=O)c1NC(=O)N1CCO[C@@H](Cc2ccccc2)C1. The lowest BCUT2D eigenvalue weighted by Gasteiger charge is -2.33. The van der Waals surface area contributed by atoms with E-state index in [1.807, 2.05) is 31.2 Å². The Morgan fingerprint density at radius 2 is 2.04 bits per heavy atom. The molecule has 6 nitrogen and oxygen atoms in total. The van der Waals surface area contributed by atoms with E-state index in [1.165, 1.54) is 10.1 Å². The normalized spacial score (nSPS) is 17.4. The average molecular weight is 341 g/mol. The zero-order valence-electron chi connectivity index (χ0n) is 14.6. The molecule has 2 aromatic rings. The molecule has 1 saturated heterocycles. The predicted octanol–water partition coefficient (Wildman–Crippen LogP) is 2.17. The molecule has 0 saturated carbocycles. The summed E-state index contributed by atoms with van der Waals surface area (Å²) in [5.41, 5.74) is 2.07. The van der Waals surface area contributed by atoms with E-state index >= 15 is 0 Å². The lowest BCUT2D eigenvalue weighted by Crippen LogP contribution is -2.48. The molecule has 0 aliphatic carbocycles. The number of carbonyl (C=O) groups is 1. The largest absolute Gasteiger partial charge is 0.374 e. The molecule has 1 aromatic carbocycles. The van der Waals surface area contributed by atoms with E-state index in [-0.39, 0.29) is 17.7 Å². The van der Waals surface area contributed by atoms with Crippen molar-refractivity contribution in [3.63, 3.8) is 0 Å². The van der Waals surface area contributed by atoms with E-state index in [2.05, 4.69) is 17.4 Å². The number of aryl methyl sites for hydroxylation is 2. The molecular weight excluding hydrogens is 318 g/mol. The van der Waals surface area contributed by atoms with Crippen LogP contribution in [-0.2, 0) is 18.2 Å². The summed E-state index contributed by atoms with van der Waals surface area (Å²) in [6.07, 6.45) is 2.41. The maximum Gasteiger partial charge on any atom is 0.322 e. The van der Waals surface area contributed by atoms with Crippen LogP contribution < -0.4 is 10.9 Å². The Balaban J connectivity index is 1.66. The van der Waals surface area contributed by atoms with E-state index in [4.69, 9.17) is 4.74 Å². The molecule has 6 heteroatoms. The van der Waals surface area contributed by atoms with Gasteiger partial charge >= 0.3 is 6.03 Å². The van der Waals surface area contributed by atoms with Crippen LogP contribution in [0.15, 0.2) is 47.4 Å². The number of hydrogen-bond acceptors (Lipinski definition) is 3. The highest BCUT2D eigenvalue weighted by atomic mass is 16.5. The first-order valence-electron chi connectivity index (χ1n) is 8.42. The monoisotopic (exact) mass is 341 g/mol. The fourth-order valence-corrected chi connectivity index (χ4v) is 2.96. The van der Waals surface area contributed by atoms with E-state index in [0.717, 1.165) is 12.0 Å².